The van der Waals surface area contributed by atoms with Crippen molar-refractivity contribution in [3.8, 4) is 5.75 Å². The quantitative estimate of drug-likeness (QED) is 0.625. The largest absolute Gasteiger partial charge is 0.490 e. The Hall–Kier alpha value is -2.45. The molecule has 2 rings (SSSR count). The molecule has 0 bridgehead atoms. The lowest BCUT2D eigenvalue weighted by molar-refractivity contribution is 0.0975. The van der Waals surface area contributed by atoms with Crippen LogP contribution < -0.4 is 21.1 Å². The first-order valence-corrected chi connectivity index (χ1v) is 8.95. The Labute approximate surface area is 165 Å². The third kappa shape index (κ3) is 5.53. The van der Waals surface area contributed by atoms with E-state index in [0.29, 0.717) is 27.0 Å². The Bertz CT molecular complexity index is 838. The number of benzene rings is 2. The molecule has 2 aromatic rings. The smallest absolute Gasteiger partial charge is 0.257 e. The van der Waals surface area contributed by atoms with Crippen molar-refractivity contribution in [2.24, 2.45) is 5.73 Å². The SMILES string of the molecule is CC(C)Oc1ccc(C(=O)NC(=S)Nc2ccc(C(N)=O)cc2)cc1Br. The molecule has 26 heavy (non-hydrogen) atoms. The number of rotatable bonds is 5. The molecule has 0 spiro atoms. The summed E-state index contributed by atoms with van der Waals surface area (Å²) in [4.78, 5) is 23.4. The highest BCUT2D eigenvalue weighted by atomic mass is 79.9. The van der Waals surface area contributed by atoms with Gasteiger partial charge in [0.1, 0.15) is 5.75 Å². The van der Waals surface area contributed by atoms with E-state index in [1.807, 2.05) is 13.8 Å². The first-order valence-electron chi connectivity index (χ1n) is 7.74. The molecule has 0 unspecified atom stereocenters. The highest BCUT2D eigenvalue weighted by molar-refractivity contribution is 9.10. The average molecular weight is 436 g/mol. The zero-order chi connectivity index (χ0) is 19.3. The van der Waals surface area contributed by atoms with E-state index in [-0.39, 0.29) is 17.1 Å². The Morgan fingerprint density at radius 3 is 2.27 bits per heavy atom. The van der Waals surface area contributed by atoms with Crippen molar-refractivity contribution in [3.05, 3.63) is 58.1 Å². The van der Waals surface area contributed by atoms with Crippen molar-refractivity contribution in [1.82, 2.24) is 5.32 Å². The van der Waals surface area contributed by atoms with Crippen LogP contribution in [0.5, 0.6) is 5.75 Å². The zero-order valence-corrected chi connectivity index (χ0v) is 16.6. The summed E-state index contributed by atoms with van der Waals surface area (Å²) in [6.45, 7) is 3.85. The Kier molecular flexibility index (Phi) is 6.70. The molecule has 2 amide bonds. The Morgan fingerprint density at radius 2 is 1.73 bits per heavy atom. The van der Waals surface area contributed by atoms with Gasteiger partial charge in [0, 0.05) is 16.8 Å². The van der Waals surface area contributed by atoms with Gasteiger partial charge in [0.15, 0.2) is 5.11 Å². The van der Waals surface area contributed by atoms with Gasteiger partial charge in [-0.05, 0) is 84.5 Å². The summed E-state index contributed by atoms with van der Waals surface area (Å²) in [5.41, 5.74) is 6.64. The van der Waals surface area contributed by atoms with Crippen molar-refractivity contribution in [2.45, 2.75) is 20.0 Å². The molecule has 0 aliphatic heterocycles. The number of ether oxygens (including phenoxy) is 1. The maximum Gasteiger partial charge on any atom is 0.257 e. The third-order valence-corrected chi connectivity index (χ3v) is 4.03. The molecule has 8 heteroatoms. The van der Waals surface area contributed by atoms with Gasteiger partial charge < -0.3 is 15.8 Å². The van der Waals surface area contributed by atoms with E-state index in [1.165, 1.54) is 0 Å². The number of hydrogen-bond acceptors (Lipinski definition) is 4. The van der Waals surface area contributed by atoms with Crippen LogP contribution in [-0.2, 0) is 0 Å². The van der Waals surface area contributed by atoms with Gasteiger partial charge >= 0.3 is 0 Å². The summed E-state index contributed by atoms with van der Waals surface area (Å²) in [6, 6.07) is 11.5. The lowest BCUT2D eigenvalue weighted by atomic mass is 10.2. The fourth-order valence-electron chi connectivity index (χ4n) is 2.05. The Balaban J connectivity index is 1.99. The predicted molar refractivity (Wildman–Crippen MR) is 109 cm³/mol. The minimum atomic E-state index is -0.511. The molecule has 136 valence electrons. The third-order valence-electron chi connectivity index (χ3n) is 3.21. The van der Waals surface area contributed by atoms with E-state index in [2.05, 4.69) is 26.6 Å². The second-order valence-corrected chi connectivity index (χ2v) is 6.92. The number of carbonyl (C=O) groups is 2. The lowest BCUT2D eigenvalue weighted by Gasteiger charge is -2.13. The van der Waals surface area contributed by atoms with Crippen LogP contribution in [0.4, 0.5) is 5.69 Å². The molecule has 0 fully saturated rings. The van der Waals surface area contributed by atoms with Crippen molar-refractivity contribution in [2.75, 3.05) is 5.32 Å². The molecule has 6 nitrogen and oxygen atoms in total. The minimum Gasteiger partial charge on any atom is -0.490 e. The summed E-state index contributed by atoms with van der Waals surface area (Å²) >= 11 is 8.53. The highest BCUT2D eigenvalue weighted by Gasteiger charge is 2.12. The summed E-state index contributed by atoms with van der Waals surface area (Å²) < 4.78 is 6.30. The van der Waals surface area contributed by atoms with E-state index < -0.39 is 5.91 Å². The van der Waals surface area contributed by atoms with Crippen molar-refractivity contribution in [1.29, 1.82) is 0 Å². The molecule has 0 aliphatic carbocycles. The average Bonchev–Trinajstić information content (AvgIpc) is 2.56. The molecule has 0 heterocycles. The standard InChI is InChI=1S/C18H18BrN3O3S/c1-10(2)25-15-8-5-12(9-14(15)19)17(24)22-18(26)21-13-6-3-11(4-7-13)16(20)23/h3-10H,1-2H3,(H2,20,23)(H2,21,22,24,26). The van der Waals surface area contributed by atoms with Gasteiger partial charge in [-0.2, -0.15) is 0 Å². The topological polar surface area (TPSA) is 93.4 Å². The van der Waals surface area contributed by atoms with Crippen LogP contribution in [0.1, 0.15) is 34.6 Å². The van der Waals surface area contributed by atoms with Crippen LogP contribution in [0.25, 0.3) is 0 Å². The van der Waals surface area contributed by atoms with Crippen LogP contribution in [0.15, 0.2) is 46.9 Å². The second-order valence-electron chi connectivity index (χ2n) is 5.66. The first kappa shape index (κ1) is 19.9. The van der Waals surface area contributed by atoms with Crippen LogP contribution >= 0.6 is 28.1 Å². The summed E-state index contributed by atoms with van der Waals surface area (Å²) in [6.07, 6.45) is 0.0312. The summed E-state index contributed by atoms with van der Waals surface area (Å²) in [5.74, 6) is -0.206. The van der Waals surface area contributed by atoms with Gasteiger partial charge in [-0.15, -0.1) is 0 Å². The van der Waals surface area contributed by atoms with Crippen LogP contribution in [0.3, 0.4) is 0 Å². The lowest BCUT2D eigenvalue weighted by Crippen LogP contribution is -2.34. The number of halogens is 1. The predicted octanol–water partition coefficient (Wildman–Crippen LogP) is 3.46. The number of amides is 2. The molecule has 0 saturated heterocycles. The van der Waals surface area contributed by atoms with E-state index in [1.54, 1.807) is 42.5 Å². The van der Waals surface area contributed by atoms with Crippen molar-refractivity contribution in [3.63, 3.8) is 0 Å². The van der Waals surface area contributed by atoms with Gasteiger partial charge in [-0.3, -0.25) is 14.9 Å². The normalized spacial score (nSPS) is 10.3. The number of carbonyl (C=O) groups excluding carboxylic acids is 2. The van der Waals surface area contributed by atoms with Gasteiger partial charge in [0.05, 0.1) is 10.6 Å². The van der Waals surface area contributed by atoms with Gasteiger partial charge in [0.2, 0.25) is 5.91 Å². The van der Waals surface area contributed by atoms with E-state index in [9.17, 15) is 9.59 Å². The van der Waals surface area contributed by atoms with E-state index >= 15 is 0 Å². The number of thiocarbonyl (C=S) groups is 1. The molecule has 0 saturated carbocycles. The number of nitrogens with one attached hydrogen (secondary N) is 2. The number of hydrogen-bond donors (Lipinski definition) is 3. The van der Waals surface area contributed by atoms with Gasteiger partial charge in [0.25, 0.3) is 5.91 Å². The summed E-state index contributed by atoms with van der Waals surface area (Å²) in [7, 11) is 0. The zero-order valence-electron chi connectivity index (χ0n) is 14.2. The van der Waals surface area contributed by atoms with E-state index in [0.717, 1.165) is 0 Å². The number of anilines is 1. The van der Waals surface area contributed by atoms with Gasteiger partial charge in [-0.1, -0.05) is 0 Å². The van der Waals surface area contributed by atoms with E-state index in [4.69, 9.17) is 22.7 Å². The molecular weight excluding hydrogens is 418 g/mol. The molecule has 0 aromatic heterocycles. The minimum absolute atomic E-state index is 0.0312. The fourth-order valence-corrected chi connectivity index (χ4v) is 2.73. The van der Waals surface area contributed by atoms with Crippen molar-refractivity contribution < 1.29 is 14.3 Å². The van der Waals surface area contributed by atoms with Crippen LogP contribution in [0, 0.1) is 0 Å². The molecule has 0 atom stereocenters. The Morgan fingerprint density at radius 1 is 1.12 bits per heavy atom. The molecule has 0 radical (unpaired) electrons. The van der Waals surface area contributed by atoms with Crippen LogP contribution in [0.2, 0.25) is 0 Å². The maximum atomic E-state index is 12.3. The fraction of sp³-hybridized carbons (Fsp3) is 0.167. The highest BCUT2D eigenvalue weighted by Crippen LogP contribution is 2.27. The maximum absolute atomic E-state index is 12.3. The molecule has 2 aromatic carbocycles. The molecular formula is C18H18BrN3O3S. The monoisotopic (exact) mass is 435 g/mol. The first-order chi connectivity index (χ1) is 12.3. The van der Waals surface area contributed by atoms with Gasteiger partial charge in [-0.25, -0.2) is 0 Å². The molecule has 4 N–H and O–H groups in total. The number of primary amides is 1. The summed E-state index contributed by atoms with van der Waals surface area (Å²) in [5, 5.41) is 5.61. The second kappa shape index (κ2) is 8.77. The van der Waals surface area contributed by atoms with Crippen molar-refractivity contribution >= 4 is 50.8 Å². The number of nitrogens with two attached hydrogens (primary N) is 1. The molecule has 0 aliphatic rings. The van der Waals surface area contributed by atoms with Crippen LogP contribution in [-0.4, -0.2) is 23.0 Å².